The third-order valence-corrected chi connectivity index (χ3v) is 1.22. The maximum atomic E-state index is 6.96. The Morgan fingerprint density at radius 3 is 3.20 bits per heavy atom. The van der Waals surface area contributed by atoms with Crippen molar-refractivity contribution in [2.24, 2.45) is 9.98 Å². The van der Waals surface area contributed by atoms with Gasteiger partial charge in [0, 0.05) is 18.0 Å². The van der Waals surface area contributed by atoms with Crippen LogP contribution in [0.5, 0.6) is 0 Å². The van der Waals surface area contributed by atoms with Crippen molar-refractivity contribution in [2.75, 3.05) is 6.54 Å². The summed E-state index contributed by atoms with van der Waals surface area (Å²) < 4.78 is 0. The van der Waals surface area contributed by atoms with Crippen molar-refractivity contribution in [3.8, 4) is 0 Å². The fraction of sp³-hybridized carbons (Fsp3) is 0.286. The van der Waals surface area contributed by atoms with E-state index in [1.165, 1.54) is 6.21 Å². The molecular weight excluding hydrogens is 126 g/mol. The zero-order valence-corrected chi connectivity index (χ0v) is 5.83. The Morgan fingerprint density at radius 2 is 2.60 bits per heavy atom. The Hall–Kier alpha value is -1.25. The molecule has 0 radical (unpaired) electrons. The molecule has 52 valence electrons. The van der Waals surface area contributed by atoms with E-state index in [-0.39, 0.29) is 0 Å². The zero-order valence-electron chi connectivity index (χ0n) is 5.83. The van der Waals surface area contributed by atoms with E-state index >= 15 is 0 Å². The number of hydrogen-bond acceptors (Lipinski definition) is 3. The van der Waals surface area contributed by atoms with Gasteiger partial charge in [-0.2, -0.15) is 0 Å². The Kier molecular flexibility index (Phi) is 2.10. The molecule has 0 aliphatic carbocycles. The van der Waals surface area contributed by atoms with Crippen LogP contribution >= 0.6 is 0 Å². The summed E-state index contributed by atoms with van der Waals surface area (Å²) in [6.07, 6.45) is 4.84. The first-order valence-electron chi connectivity index (χ1n) is 3.12. The topological polar surface area (TPSA) is 48.6 Å². The van der Waals surface area contributed by atoms with Crippen LogP contribution in [-0.4, -0.2) is 24.8 Å². The highest BCUT2D eigenvalue weighted by molar-refractivity contribution is 6.17. The lowest BCUT2D eigenvalue weighted by Gasteiger charge is -1.90. The van der Waals surface area contributed by atoms with Crippen LogP contribution in [0, 0.1) is 5.41 Å². The van der Waals surface area contributed by atoms with Gasteiger partial charge in [-0.15, -0.1) is 0 Å². The zero-order chi connectivity index (χ0) is 7.40. The highest BCUT2D eigenvalue weighted by Crippen LogP contribution is 2.03. The average Bonchev–Trinajstić information content (AvgIpc) is 2.36. The molecule has 0 saturated carbocycles. The van der Waals surface area contributed by atoms with Gasteiger partial charge in [0.15, 0.2) is 5.84 Å². The molecule has 0 unspecified atom stereocenters. The SMILES string of the molecule is C/C=N\C1=NCC=C1C=N. The summed E-state index contributed by atoms with van der Waals surface area (Å²) in [5, 5.41) is 6.96. The van der Waals surface area contributed by atoms with Crippen molar-refractivity contribution in [3.05, 3.63) is 11.6 Å². The summed E-state index contributed by atoms with van der Waals surface area (Å²) in [7, 11) is 0. The first-order valence-corrected chi connectivity index (χ1v) is 3.12. The Bertz CT molecular complexity index is 223. The molecule has 0 fully saturated rings. The van der Waals surface area contributed by atoms with E-state index in [2.05, 4.69) is 9.98 Å². The lowest BCUT2D eigenvalue weighted by atomic mass is 10.3. The van der Waals surface area contributed by atoms with Crippen LogP contribution in [0.3, 0.4) is 0 Å². The lowest BCUT2D eigenvalue weighted by Crippen LogP contribution is -1.95. The molecule has 0 aromatic heterocycles. The molecule has 0 atom stereocenters. The van der Waals surface area contributed by atoms with Crippen LogP contribution < -0.4 is 0 Å². The highest BCUT2D eigenvalue weighted by Gasteiger charge is 2.05. The maximum Gasteiger partial charge on any atom is 0.155 e. The Morgan fingerprint density at radius 1 is 1.80 bits per heavy atom. The number of amidine groups is 1. The van der Waals surface area contributed by atoms with E-state index in [1.54, 1.807) is 6.21 Å². The minimum Gasteiger partial charge on any atom is -0.308 e. The molecule has 3 heteroatoms. The van der Waals surface area contributed by atoms with Gasteiger partial charge < -0.3 is 5.41 Å². The van der Waals surface area contributed by atoms with E-state index in [9.17, 15) is 0 Å². The van der Waals surface area contributed by atoms with Crippen LogP contribution in [0.4, 0.5) is 0 Å². The predicted octanol–water partition coefficient (Wildman–Crippen LogP) is 1.07. The third-order valence-electron chi connectivity index (χ3n) is 1.22. The molecule has 1 aliphatic rings. The van der Waals surface area contributed by atoms with E-state index in [0.717, 1.165) is 5.57 Å². The van der Waals surface area contributed by atoms with Crippen LogP contribution in [0.2, 0.25) is 0 Å². The second kappa shape index (κ2) is 3.06. The molecule has 3 nitrogen and oxygen atoms in total. The monoisotopic (exact) mass is 135 g/mol. The molecule has 0 saturated heterocycles. The molecule has 0 aromatic carbocycles. The largest absolute Gasteiger partial charge is 0.308 e. The molecule has 1 rings (SSSR count). The second-order valence-electron chi connectivity index (χ2n) is 1.86. The quantitative estimate of drug-likeness (QED) is 0.523. The molecule has 1 heterocycles. The van der Waals surface area contributed by atoms with Gasteiger partial charge in [0.1, 0.15) is 0 Å². The molecule has 0 aromatic rings. The van der Waals surface area contributed by atoms with Crippen molar-refractivity contribution in [1.29, 1.82) is 5.41 Å². The second-order valence-corrected chi connectivity index (χ2v) is 1.86. The van der Waals surface area contributed by atoms with Crippen LogP contribution in [0.15, 0.2) is 21.6 Å². The van der Waals surface area contributed by atoms with E-state index in [0.29, 0.717) is 12.4 Å². The normalized spacial score (nSPS) is 17.3. The smallest absolute Gasteiger partial charge is 0.155 e. The first kappa shape index (κ1) is 6.86. The van der Waals surface area contributed by atoms with Crippen molar-refractivity contribution in [2.45, 2.75) is 6.92 Å². The highest BCUT2D eigenvalue weighted by atomic mass is 14.9. The molecule has 1 aliphatic heterocycles. The van der Waals surface area contributed by atoms with Gasteiger partial charge in [0.2, 0.25) is 0 Å². The van der Waals surface area contributed by atoms with E-state index in [4.69, 9.17) is 5.41 Å². The fourth-order valence-corrected chi connectivity index (χ4v) is 0.774. The number of hydrogen-bond donors (Lipinski definition) is 1. The minimum atomic E-state index is 0.664. The third kappa shape index (κ3) is 1.18. The number of rotatable bonds is 1. The predicted molar refractivity (Wildman–Crippen MR) is 43.3 cm³/mol. The summed E-state index contributed by atoms with van der Waals surface area (Å²) in [5.74, 6) is 0.678. The van der Waals surface area contributed by atoms with Crippen molar-refractivity contribution >= 4 is 18.3 Å². The van der Waals surface area contributed by atoms with Gasteiger partial charge in [-0.3, -0.25) is 4.99 Å². The van der Waals surface area contributed by atoms with Gasteiger partial charge in [0.05, 0.1) is 6.54 Å². The Labute approximate surface area is 59.7 Å². The molecule has 0 bridgehead atoms. The molecule has 0 amide bonds. The van der Waals surface area contributed by atoms with E-state index < -0.39 is 0 Å². The summed E-state index contributed by atoms with van der Waals surface area (Å²) in [6, 6.07) is 0. The fourth-order valence-electron chi connectivity index (χ4n) is 0.774. The van der Waals surface area contributed by atoms with Crippen molar-refractivity contribution in [1.82, 2.24) is 0 Å². The van der Waals surface area contributed by atoms with Crippen molar-refractivity contribution < 1.29 is 0 Å². The first-order chi connectivity index (χ1) is 4.88. The van der Waals surface area contributed by atoms with Gasteiger partial charge in [0.25, 0.3) is 0 Å². The number of nitrogens with zero attached hydrogens (tertiary/aromatic N) is 2. The maximum absolute atomic E-state index is 6.96. The molecular formula is C7H9N3. The Balaban J connectivity index is 2.78. The van der Waals surface area contributed by atoms with Crippen molar-refractivity contribution in [3.63, 3.8) is 0 Å². The van der Waals surface area contributed by atoms with Gasteiger partial charge in [-0.1, -0.05) is 6.08 Å². The van der Waals surface area contributed by atoms with Gasteiger partial charge >= 0.3 is 0 Å². The minimum absolute atomic E-state index is 0.664. The summed E-state index contributed by atoms with van der Waals surface area (Å²) in [4.78, 5) is 8.03. The van der Waals surface area contributed by atoms with Crippen LogP contribution in [0.1, 0.15) is 6.92 Å². The summed E-state index contributed by atoms with van der Waals surface area (Å²) in [5.41, 5.74) is 0.818. The van der Waals surface area contributed by atoms with Gasteiger partial charge in [-0.05, 0) is 6.92 Å². The van der Waals surface area contributed by atoms with Crippen LogP contribution in [-0.2, 0) is 0 Å². The number of aliphatic imine (C=N–C) groups is 2. The molecule has 0 spiro atoms. The average molecular weight is 135 g/mol. The lowest BCUT2D eigenvalue weighted by molar-refractivity contribution is 1.27. The number of nitrogens with one attached hydrogen (secondary N) is 1. The van der Waals surface area contributed by atoms with E-state index in [1.807, 2.05) is 13.0 Å². The van der Waals surface area contributed by atoms with Gasteiger partial charge in [-0.25, -0.2) is 4.99 Å². The molecule has 1 N–H and O–H groups in total. The molecule has 10 heavy (non-hydrogen) atoms. The summed E-state index contributed by atoms with van der Waals surface area (Å²) in [6.45, 7) is 2.50. The standard InChI is InChI=1S/C7H9N3/c1-2-9-7-6(5-8)3-4-10-7/h2-3,5,8H,4H2,1H3/b8-5?,9-2-. The summed E-state index contributed by atoms with van der Waals surface area (Å²) >= 11 is 0. The van der Waals surface area contributed by atoms with Crippen LogP contribution in [0.25, 0.3) is 0 Å².